The van der Waals surface area contributed by atoms with Crippen LogP contribution in [-0.2, 0) is 6.42 Å². The van der Waals surface area contributed by atoms with E-state index < -0.39 is 0 Å². The number of anilines is 1. The fourth-order valence-electron chi connectivity index (χ4n) is 3.58. The molecule has 0 aliphatic carbocycles. The third kappa shape index (κ3) is 4.48. The molecule has 1 aliphatic rings. The van der Waals surface area contributed by atoms with Crippen molar-refractivity contribution < 1.29 is 9.13 Å². The highest BCUT2D eigenvalue weighted by molar-refractivity contribution is 5.54. The molecule has 0 saturated carbocycles. The van der Waals surface area contributed by atoms with Crippen molar-refractivity contribution in [3.05, 3.63) is 47.0 Å². The van der Waals surface area contributed by atoms with Crippen molar-refractivity contribution in [3.8, 4) is 5.75 Å². The lowest BCUT2D eigenvalue weighted by atomic mass is 10.0. The minimum atomic E-state index is -0.294. The first-order valence-corrected chi connectivity index (χ1v) is 9.95. The van der Waals surface area contributed by atoms with E-state index in [9.17, 15) is 4.39 Å². The molecule has 2 atom stereocenters. The van der Waals surface area contributed by atoms with E-state index in [1.54, 1.807) is 24.0 Å². The molecule has 0 saturated heterocycles. The van der Waals surface area contributed by atoms with Crippen molar-refractivity contribution in [2.45, 2.75) is 45.8 Å². The Hall–Kier alpha value is -2.74. The average molecular weight is 401 g/mol. The van der Waals surface area contributed by atoms with Gasteiger partial charge >= 0.3 is 0 Å². The van der Waals surface area contributed by atoms with E-state index >= 15 is 0 Å². The molecule has 0 spiro atoms. The zero-order chi connectivity index (χ0) is 21.0. The summed E-state index contributed by atoms with van der Waals surface area (Å²) < 4.78 is 21.7. The first-order chi connectivity index (χ1) is 14.0. The summed E-state index contributed by atoms with van der Waals surface area (Å²) in [6.45, 7) is 7.00. The second-order valence-electron chi connectivity index (χ2n) is 7.15. The lowest BCUT2D eigenvalue weighted by Crippen LogP contribution is -2.37. The number of aromatic nitrogens is 2. The molecule has 3 rings (SSSR count). The monoisotopic (exact) mass is 400 g/mol. The third-order valence-corrected chi connectivity index (χ3v) is 5.08. The largest absolute Gasteiger partial charge is 0.489 e. The molecule has 156 valence electrons. The summed E-state index contributed by atoms with van der Waals surface area (Å²) in [7, 11) is 1.69. The molecular formula is C21H29FN6O. The summed E-state index contributed by atoms with van der Waals surface area (Å²) in [6.07, 6.45) is 5.41. The number of hydrogen-bond acceptors (Lipinski definition) is 6. The van der Waals surface area contributed by atoms with E-state index in [2.05, 4.69) is 15.0 Å². The van der Waals surface area contributed by atoms with Crippen molar-refractivity contribution in [2.24, 2.45) is 15.8 Å². The maximum Gasteiger partial charge on any atom is 0.247 e. The predicted molar refractivity (Wildman–Crippen MR) is 113 cm³/mol. The fourth-order valence-corrected chi connectivity index (χ4v) is 3.58. The van der Waals surface area contributed by atoms with Crippen molar-refractivity contribution in [2.75, 3.05) is 25.0 Å². The molecule has 0 amide bonds. The predicted octanol–water partition coefficient (Wildman–Crippen LogP) is 2.65. The lowest BCUT2D eigenvalue weighted by molar-refractivity contribution is 0.226. The van der Waals surface area contributed by atoms with Gasteiger partial charge in [0.25, 0.3) is 0 Å². The SMILES string of the molecule is C/C=N\n1cc2c(n/c1=N\C)N(C(C)c1cc(F)ccc1OC(C)CN)CCC2. The van der Waals surface area contributed by atoms with Crippen molar-refractivity contribution in [1.82, 2.24) is 9.66 Å². The van der Waals surface area contributed by atoms with Crippen LogP contribution in [0.3, 0.4) is 0 Å². The molecular weight excluding hydrogens is 371 g/mol. The van der Waals surface area contributed by atoms with Crippen molar-refractivity contribution in [3.63, 3.8) is 0 Å². The van der Waals surface area contributed by atoms with Crippen LogP contribution >= 0.6 is 0 Å². The Labute approximate surface area is 170 Å². The highest BCUT2D eigenvalue weighted by Crippen LogP contribution is 2.36. The number of hydrogen-bond donors (Lipinski definition) is 1. The Morgan fingerprint density at radius 2 is 2.17 bits per heavy atom. The van der Waals surface area contributed by atoms with Gasteiger partial charge in [0.15, 0.2) is 0 Å². The lowest BCUT2D eigenvalue weighted by Gasteiger charge is -2.36. The van der Waals surface area contributed by atoms with Crippen LogP contribution in [-0.4, -0.2) is 42.1 Å². The Morgan fingerprint density at radius 3 is 2.86 bits per heavy atom. The topological polar surface area (TPSA) is 81.0 Å². The summed E-state index contributed by atoms with van der Waals surface area (Å²) in [5, 5.41) is 4.32. The van der Waals surface area contributed by atoms with Gasteiger partial charge in [0.05, 0.1) is 6.04 Å². The summed E-state index contributed by atoms with van der Waals surface area (Å²) in [6, 6.07) is 4.49. The maximum atomic E-state index is 14.1. The molecule has 2 heterocycles. The molecule has 1 aliphatic heterocycles. The second kappa shape index (κ2) is 9.17. The third-order valence-electron chi connectivity index (χ3n) is 5.08. The molecule has 0 bridgehead atoms. The maximum absolute atomic E-state index is 14.1. The number of benzene rings is 1. The number of fused-ring (bicyclic) bond motifs is 1. The van der Waals surface area contributed by atoms with Crippen molar-refractivity contribution >= 4 is 12.0 Å². The van der Waals surface area contributed by atoms with Crippen LogP contribution in [0.2, 0.25) is 0 Å². The molecule has 0 radical (unpaired) electrons. The van der Waals surface area contributed by atoms with Crippen LogP contribution in [0.25, 0.3) is 0 Å². The second-order valence-corrected chi connectivity index (χ2v) is 7.15. The van der Waals surface area contributed by atoms with E-state index in [0.717, 1.165) is 36.3 Å². The molecule has 29 heavy (non-hydrogen) atoms. The van der Waals surface area contributed by atoms with E-state index in [1.165, 1.54) is 12.1 Å². The number of halogens is 1. The molecule has 8 heteroatoms. The van der Waals surface area contributed by atoms with Crippen LogP contribution in [0, 0.1) is 5.82 Å². The number of ether oxygens (including phenoxy) is 1. The first-order valence-electron chi connectivity index (χ1n) is 9.95. The zero-order valence-corrected chi connectivity index (χ0v) is 17.5. The van der Waals surface area contributed by atoms with Crippen LogP contribution < -0.4 is 21.0 Å². The van der Waals surface area contributed by atoms with Gasteiger partial charge < -0.3 is 15.4 Å². The Bertz CT molecular complexity index is 955. The number of aryl methyl sites for hydroxylation is 1. The van der Waals surface area contributed by atoms with E-state index in [1.807, 2.05) is 27.0 Å². The number of nitrogens with two attached hydrogens (primary N) is 1. The summed E-state index contributed by atoms with van der Waals surface area (Å²) in [5.74, 6) is 1.21. The number of nitrogens with zero attached hydrogens (tertiary/aromatic N) is 5. The highest BCUT2D eigenvalue weighted by atomic mass is 19.1. The molecule has 2 unspecified atom stereocenters. The summed E-state index contributed by atoms with van der Waals surface area (Å²) >= 11 is 0. The van der Waals surface area contributed by atoms with Crippen LogP contribution in [0.1, 0.15) is 44.4 Å². The van der Waals surface area contributed by atoms with Crippen LogP contribution in [0.5, 0.6) is 5.75 Å². The fraction of sp³-hybridized carbons (Fsp3) is 0.476. The van der Waals surface area contributed by atoms with E-state index in [0.29, 0.717) is 17.9 Å². The van der Waals surface area contributed by atoms with Gasteiger partial charge in [-0.1, -0.05) is 0 Å². The molecule has 2 aromatic rings. The zero-order valence-electron chi connectivity index (χ0n) is 17.5. The van der Waals surface area contributed by atoms with Crippen LogP contribution in [0.4, 0.5) is 10.2 Å². The Kier molecular flexibility index (Phi) is 6.64. The van der Waals surface area contributed by atoms with Gasteiger partial charge in [-0.2, -0.15) is 10.1 Å². The van der Waals surface area contributed by atoms with Gasteiger partial charge in [0.1, 0.15) is 23.5 Å². The van der Waals surface area contributed by atoms with E-state index in [-0.39, 0.29) is 18.0 Å². The normalized spacial score (nSPS) is 16.8. The van der Waals surface area contributed by atoms with Crippen LogP contribution in [0.15, 0.2) is 34.5 Å². The van der Waals surface area contributed by atoms with Gasteiger partial charge in [-0.05, 0) is 51.8 Å². The molecule has 7 nitrogen and oxygen atoms in total. The summed E-state index contributed by atoms with van der Waals surface area (Å²) in [4.78, 5) is 11.2. The number of rotatable bonds is 6. The minimum Gasteiger partial charge on any atom is -0.489 e. The smallest absolute Gasteiger partial charge is 0.247 e. The molecule has 1 aromatic heterocycles. The molecule has 0 fully saturated rings. The standard InChI is InChI=1S/C21H29FN6O/c1-5-25-28-13-16-7-6-10-27(20(16)26-21(28)24-4)15(3)18-11-17(22)8-9-19(18)29-14(2)12-23/h5,8-9,11,13-15H,6-7,10,12,23H2,1-4H3/b24-21+,25-5-. The Morgan fingerprint density at radius 1 is 1.38 bits per heavy atom. The minimum absolute atomic E-state index is 0.132. The average Bonchev–Trinajstić information content (AvgIpc) is 2.73. The van der Waals surface area contributed by atoms with Gasteiger partial charge in [-0.25, -0.2) is 9.07 Å². The highest BCUT2D eigenvalue weighted by Gasteiger charge is 2.27. The molecule has 2 N–H and O–H groups in total. The summed E-state index contributed by atoms with van der Waals surface area (Å²) in [5.41, 5.74) is 8.10. The van der Waals surface area contributed by atoms with Gasteiger partial charge in [0, 0.05) is 43.7 Å². The van der Waals surface area contributed by atoms with Gasteiger partial charge in [0.2, 0.25) is 5.62 Å². The van der Waals surface area contributed by atoms with Crippen molar-refractivity contribution in [1.29, 1.82) is 0 Å². The Balaban J connectivity index is 2.04. The first kappa shape index (κ1) is 21.0. The van der Waals surface area contributed by atoms with E-state index in [4.69, 9.17) is 15.5 Å². The quantitative estimate of drug-likeness (QED) is 0.756. The molecule has 1 aromatic carbocycles. The van der Waals surface area contributed by atoms with Gasteiger partial charge in [-0.15, -0.1) is 0 Å². The van der Waals surface area contributed by atoms with Gasteiger partial charge in [-0.3, -0.25) is 4.99 Å².